The van der Waals surface area contributed by atoms with Gasteiger partial charge in [-0.15, -0.1) is 11.6 Å². The lowest BCUT2D eigenvalue weighted by molar-refractivity contribution is -0.120. The second-order valence-corrected chi connectivity index (χ2v) is 3.76. The van der Waals surface area contributed by atoms with Crippen molar-refractivity contribution in [2.45, 2.75) is 6.42 Å². The Morgan fingerprint density at radius 3 is 2.92 bits per heavy atom. The molecule has 1 amide bonds. The van der Waals surface area contributed by atoms with Crippen molar-refractivity contribution in [3.05, 3.63) is 0 Å². The quantitative estimate of drug-likeness (QED) is 0.497. The molecule has 0 saturated heterocycles. The van der Waals surface area contributed by atoms with Gasteiger partial charge in [0.05, 0.1) is 13.2 Å². The maximum atomic E-state index is 11.0. The minimum Gasteiger partial charge on any atom is -0.378 e. The molecule has 0 saturated carbocycles. The summed E-state index contributed by atoms with van der Waals surface area (Å²) in [4.78, 5) is 11.0. The van der Waals surface area contributed by atoms with Gasteiger partial charge in [-0.3, -0.25) is 4.79 Å². The second kappa shape index (κ2) is 10.2. The van der Waals surface area contributed by atoms with Gasteiger partial charge in [0, 0.05) is 24.6 Å². The average Bonchev–Trinajstić information content (AvgIpc) is 2.14. The van der Waals surface area contributed by atoms with Crippen LogP contribution in [-0.4, -0.2) is 43.6 Å². The standard InChI is InChI=1S/C8H16ClNO2S/c1-13-7-2-8(11)10-4-6-12-5-3-9/h2-7H2,1H3,(H,10,11). The van der Waals surface area contributed by atoms with E-state index in [2.05, 4.69) is 5.32 Å². The van der Waals surface area contributed by atoms with Crippen molar-refractivity contribution in [3.8, 4) is 0 Å². The van der Waals surface area contributed by atoms with Gasteiger partial charge in [-0.2, -0.15) is 11.8 Å². The Morgan fingerprint density at radius 1 is 1.54 bits per heavy atom. The van der Waals surface area contributed by atoms with E-state index in [1.165, 1.54) is 0 Å². The van der Waals surface area contributed by atoms with Gasteiger partial charge in [-0.05, 0) is 6.26 Å². The maximum Gasteiger partial charge on any atom is 0.220 e. The van der Waals surface area contributed by atoms with Crippen LogP contribution >= 0.6 is 23.4 Å². The molecular weight excluding hydrogens is 210 g/mol. The maximum absolute atomic E-state index is 11.0. The molecule has 0 atom stereocenters. The van der Waals surface area contributed by atoms with Gasteiger partial charge in [0.1, 0.15) is 0 Å². The van der Waals surface area contributed by atoms with E-state index < -0.39 is 0 Å². The van der Waals surface area contributed by atoms with Gasteiger partial charge < -0.3 is 10.1 Å². The van der Waals surface area contributed by atoms with Crippen LogP contribution in [0.25, 0.3) is 0 Å². The van der Waals surface area contributed by atoms with E-state index in [9.17, 15) is 4.79 Å². The Bertz CT molecular complexity index is 135. The number of rotatable bonds is 8. The molecule has 0 radical (unpaired) electrons. The van der Waals surface area contributed by atoms with E-state index in [0.29, 0.717) is 32.1 Å². The van der Waals surface area contributed by atoms with Crippen LogP contribution in [-0.2, 0) is 9.53 Å². The van der Waals surface area contributed by atoms with Crippen molar-refractivity contribution in [1.82, 2.24) is 5.32 Å². The van der Waals surface area contributed by atoms with Crippen LogP contribution in [0.5, 0.6) is 0 Å². The molecule has 0 rings (SSSR count). The smallest absolute Gasteiger partial charge is 0.220 e. The molecule has 13 heavy (non-hydrogen) atoms. The number of nitrogens with one attached hydrogen (secondary N) is 1. The molecule has 0 aliphatic carbocycles. The topological polar surface area (TPSA) is 38.3 Å². The van der Waals surface area contributed by atoms with Crippen molar-refractivity contribution < 1.29 is 9.53 Å². The van der Waals surface area contributed by atoms with Gasteiger partial charge >= 0.3 is 0 Å². The van der Waals surface area contributed by atoms with Crippen molar-refractivity contribution >= 4 is 29.3 Å². The van der Waals surface area contributed by atoms with Crippen LogP contribution < -0.4 is 5.32 Å². The first-order valence-corrected chi connectivity index (χ1v) is 6.13. The van der Waals surface area contributed by atoms with Crippen LogP contribution in [0, 0.1) is 0 Å². The highest BCUT2D eigenvalue weighted by atomic mass is 35.5. The Kier molecular flexibility index (Phi) is 10.2. The van der Waals surface area contributed by atoms with Crippen LogP contribution in [0.3, 0.4) is 0 Å². The largest absolute Gasteiger partial charge is 0.378 e. The number of amides is 1. The highest BCUT2D eigenvalue weighted by Gasteiger charge is 1.98. The fourth-order valence-corrected chi connectivity index (χ4v) is 1.20. The molecule has 5 heteroatoms. The summed E-state index contributed by atoms with van der Waals surface area (Å²) >= 11 is 7.06. The third-order valence-corrected chi connectivity index (χ3v) is 2.09. The van der Waals surface area contributed by atoms with Crippen molar-refractivity contribution in [1.29, 1.82) is 0 Å². The summed E-state index contributed by atoms with van der Waals surface area (Å²) in [6.45, 7) is 1.66. The summed E-state index contributed by atoms with van der Waals surface area (Å²) in [5.41, 5.74) is 0. The van der Waals surface area contributed by atoms with E-state index in [4.69, 9.17) is 16.3 Å². The van der Waals surface area contributed by atoms with Crippen LogP contribution in [0.2, 0.25) is 0 Å². The van der Waals surface area contributed by atoms with Gasteiger partial charge in [-0.25, -0.2) is 0 Å². The summed E-state index contributed by atoms with van der Waals surface area (Å²) in [5, 5.41) is 2.76. The zero-order valence-corrected chi connectivity index (χ0v) is 9.42. The molecule has 0 aliphatic rings. The SMILES string of the molecule is CSCCC(=O)NCCOCCCl. The highest BCUT2D eigenvalue weighted by molar-refractivity contribution is 7.98. The van der Waals surface area contributed by atoms with Crippen molar-refractivity contribution in [2.75, 3.05) is 37.6 Å². The number of thioether (sulfide) groups is 1. The molecular formula is C8H16ClNO2S. The van der Waals surface area contributed by atoms with E-state index in [0.717, 1.165) is 5.75 Å². The number of hydrogen-bond donors (Lipinski definition) is 1. The number of alkyl halides is 1. The van der Waals surface area contributed by atoms with E-state index >= 15 is 0 Å². The Balaban J connectivity index is 3.08. The molecule has 1 N–H and O–H groups in total. The highest BCUT2D eigenvalue weighted by Crippen LogP contribution is 1.94. The minimum atomic E-state index is 0.0869. The monoisotopic (exact) mass is 225 g/mol. The summed E-state index contributed by atoms with van der Waals surface area (Å²) in [7, 11) is 0. The molecule has 0 aliphatic heterocycles. The molecule has 0 aromatic carbocycles. The molecule has 0 unspecified atom stereocenters. The van der Waals surface area contributed by atoms with Crippen LogP contribution in [0.15, 0.2) is 0 Å². The lowest BCUT2D eigenvalue weighted by Gasteiger charge is -2.04. The van der Waals surface area contributed by atoms with E-state index in [1.807, 2.05) is 6.26 Å². The summed E-state index contributed by atoms with van der Waals surface area (Å²) in [6, 6.07) is 0. The molecule has 78 valence electrons. The normalized spacial score (nSPS) is 10.0. The predicted molar refractivity (Wildman–Crippen MR) is 57.5 cm³/mol. The third kappa shape index (κ3) is 9.99. The number of halogens is 1. The zero-order valence-electron chi connectivity index (χ0n) is 7.85. The van der Waals surface area contributed by atoms with Gasteiger partial charge in [0.15, 0.2) is 0 Å². The van der Waals surface area contributed by atoms with Crippen molar-refractivity contribution in [2.24, 2.45) is 0 Å². The lowest BCUT2D eigenvalue weighted by atomic mass is 10.4. The fourth-order valence-electron chi connectivity index (χ4n) is 0.702. The number of ether oxygens (including phenoxy) is 1. The summed E-state index contributed by atoms with van der Waals surface area (Å²) < 4.78 is 5.09. The number of carbonyl (C=O) groups excluding carboxylic acids is 1. The lowest BCUT2D eigenvalue weighted by Crippen LogP contribution is -2.27. The van der Waals surface area contributed by atoms with Gasteiger partial charge in [0.2, 0.25) is 5.91 Å². The fraction of sp³-hybridized carbons (Fsp3) is 0.875. The van der Waals surface area contributed by atoms with Gasteiger partial charge in [0.25, 0.3) is 0 Å². The third-order valence-electron chi connectivity index (χ3n) is 1.32. The molecule has 0 fully saturated rings. The zero-order chi connectivity index (χ0) is 9.94. The average molecular weight is 226 g/mol. The molecule has 0 heterocycles. The van der Waals surface area contributed by atoms with Crippen LogP contribution in [0.4, 0.5) is 0 Å². The number of carbonyl (C=O) groups is 1. The van der Waals surface area contributed by atoms with E-state index in [-0.39, 0.29) is 5.91 Å². The Hall–Kier alpha value is 0.0700. The van der Waals surface area contributed by atoms with E-state index in [1.54, 1.807) is 11.8 Å². The molecule has 0 aromatic rings. The first-order valence-electron chi connectivity index (χ1n) is 4.20. The Labute approximate surface area is 88.5 Å². The van der Waals surface area contributed by atoms with Crippen molar-refractivity contribution in [3.63, 3.8) is 0 Å². The first kappa shape index (κ1) is 13.1. The Morgan fingerprint density at radius 2 is 2.31 bits per heavy atom. The second-order valence-electron chi connectivity index (χ2n) is 2.39. The molecule has 0 spiro atoms. The first-order chi connectivity index (χ1) is 6.31. The van der Waals surface area contributed by atoms with Gasteiger partial charge in [-0.1, -0.05) is 0 Å². The molecule has 3 nitrogen and oxygen atoms in total. The minimum absolute atomic E-state index is 0.0869. The summed E-state index contributed by atoms with van der Waals surface area (Å²) in [5.74, 6) is 1.46. The summed E-state index contributed by atoms with van der Waals surface area (Å²) in [6.07, 6.45) is 2.56. The molecule has 0 aromatic heterocycles. The predicted octanol–water partition coefficient (Wildman–Crippen LogP) is 1.11. The number of hydrogen-bond acceptors (Lipinski definition) is 3. The van der Waals surface area contributed by atoms with Crippen LogP contribution in [0.1, 0.15) is 6.42 Å². The molecule has 0 bridgehead atoms.